The SMILES string of the molecule is [Ba+2].[Ba+2].[Bi].[Bi].[Co].[Co].[Fe+3].[Fe+3].[H-].[H-].[H-].[H-].[O-2].[O-2].[O-2]. The van der Waals surface area contributed by atoms with Crippen molar-refractivity contribution in [3.05, 3.63) is 0 Å². The summed E-state index contributed by atoms with van der Waals surface area (Å²) in [4.78, 5) is 0. The van der Waals surface area contributed by atoms with Gasteiger partial charge < -0.3 is 22.1 Å². The number of hydrogen-bond acceptors (Lipinski definition) is 0. The first-order chi connectivity index (χ1) is 0. The molecule has 3 nitrogen and oxygen atoms in total. The van der Waals surface area contributed by atoms with Crippen LogP contribution in [-0.4, -0.2) is 150 Å². The van der Waals surface area contributed by atoms with Gasteiger partial charge in [-0.2, -0.15) is 0 Å². The molecule has 0 aliphatic rings. The summed E-state index contributed by atoms with van der Waals surface area (Å²) in [5.74, 6) is 0. The summed E-state index contributed by atoms with van der Waals surface area (Å²) < 4.78 is 0. The maximum Gasteiger partial charge on any atom is 3.00 e. The van der Waals surface area contributed by atoms with Crippen molar-refractivity contribution in [1.29, 1.82) is 0 Å². The Morgan fingerprint density at radius 3 is 0.545 bits per heavy atom. The third-order valence-corrected chi connectivity index (χ3v) is 0. The first-order valence-electron chi connectivity index (χ1n) is 0. The molecular weight excluding hydrogens is 970 g/mol. The molecule has 0 aromatic carbocycles. The summed E-state index contributed by atoms with van der Waals surface area (Å²) in [5.41, 5.74) is 0. The molecule has 0 heterocycles. The minimum absolute atomic E-state index is 0. The van der Waals surface area contributed by atoms with Gasteiger partial charge in [0.25, 0.3) is 0 Å². The Hall–Kier alpha value is 6.84. The summed E-state index contributed by atoms with van der Waals surface area (Å²) in [6, 6.07) is 0. The van der Waals surface area contributed by atoms with E-state index in [1.54, 1.807) is 0 Å². The molecule has 0 saturated heterocycles. The molecule has 11 heavy (non-hydrogen) atoms. The van der Waals surface area contributed by atoms with Crippen LogP contribution in [0.2, 0.25) is 0 Å². The van der Waals surface area contributed by atoms with E-state index in [2.05, 4.69) is 0 Å². The Labute approximate surface area is 233 Å². The molecule has 0 N–H and O–H groups in total. The predicted octanol–water partition coefficient (Wildman–Crippen LogP) is -1.44. The summed E-state index contributed by atoms with van der Waals surface area (Å²) in [6.07, 6.45) is 0. The van der Waals surface area contributed by atoms with Crippen LogP contribution >= 0.6 is 0 Å². The smallest absolute Gasteiger partial charge is 2.00 e. The van der Waals surface area contributed by atoms with E-state index in [-0.39, 0.29) is 240 Å². The van der Waals surface area contributed by atoms with Crippen molar-refractivity contribution >= 4 is 150 Å². The number of hydrogen-bond donors (Lipinski definition) is 0. The molecule has 0 atom stereocenters. The van der Waals surface area contributed by atoms with Crippen molar-refractivity contribution in [3.8, 4) is 0 Å². The van der Waals surface area contributed by atoms with Crippen LogP contribution in [-0.2, 0) is 84.1 Å². The maximum absolute atomic E-state index is 0. The van der Waals surface area contributed by atoms with Gasteiger partial charge in [0.15, 0.2) is 0 Å². The molecule has 0 bridgehead atoms. The van der Waals surface area contributed by atoms with Crippen molar-refractivity contribution < 1.29 is 89.8 Å². The molecule has 0 aliphatic heterocycles. The standard InChI is InChI=1S/2Ba.2Bi.2Co.2Fe.3O.4H/q2*+2;;;;;2*+3;3*-2;4*-1. The van der Waals surface area contributed by atoms with E-state index in [4.69, 9.17) is 0 Å². The first kappa shape index (κ1) is 108. The first-order valence-corrected chi connectivity index (χ1v) is 0. The Balaban J connectivity index is 0. The fourth-order valence-corrected chi connectivity index (χ4v) is 0. The van der Waals surface area contributed by atoms with Gasteiger partial charge >= 0.3 is 132 Å². The third kappa shape index (κ3) is 79.3. The molecule has 0 aliphatic carbocycles. The van der Waals surface area contributed by atoms with Gasteiger partial charge in [-0.1, -0.05) is 0 Å². The molecule has 0 spiro atoms. The van der Waals surface area contributed by atoms with Crippen LogP contribution in [0.15, 0.2) is 0 Å². The van der Waals surface area contributed by atoms with E-state index in [9.17, 15) is 0 Å². The van der Waals surface area contributed by atoms with Gasteiger partial charge in [0.05, 0.1) is 0 Å². The van der Waals surface area contributed by atoms with Gasteiger partial charge in [0.2, 0.25) is 0 Å². The summed E-state index contributed by atoms with van der Waals surface area (Å²) >= 11 is 0. The Morgan fingerprint density at radius 1 is 0.545 bits per heavy atom. The minimum atomic E-state index is 0. The second kappa shape index (κ2) is 90.3. The van der Waals surface area contributed by atoms with Crippen molar-refractivity contribution in [2.45, 2.75) is 0 Å². The van der Waals surface area contributed by atoms with Crippen LogP contribution in [0.5, 0.6) is 0 Å². The van der Waals surface area contributed by atoms with Crippen LogP contribution in [0, 0.1) is 0 Å². The summed E-state index contributed by atoms with van der Waals surface area (Å²) in [5, 5.41) is 0. The molecule has 0 aromatic rings. The van der Waals surface area contributed by atoms with Crippen molar-refractivity contribution in [2.24, 2.45) is 0 Å². The average molecular weight is 974 g/mol. The zero-order valence-electron chi connectivity index (χ0n) is 8.91. The van der Waals surface area contributed by atoms with Gasteiger partial charge in [0, 0.05) is 86.0 Å². The fraction of sp³-hybridized carbons (Fsp3) is 0. The molecule has 11 heteroatoms. The maximum atomic E-state index is 0. The van der Waals surface area contributed by atoms with E-state index in [1.807, 2.05) is 0 Å². The molecule has 10 radical (unpaired) electrons. The van der Waals surface area contributed by atoms with Gasteiger partial charge in [-0.05, 0) is 0 Å². The molecule has 0 aromatic heterocycles. The summed E-state index contributed by atoms with van der Waals surface area (Å²) in [6.45, 7) is 0. The minimum Gasteiger partial charge on any atom is -2.00 e. The van der Waals surface area contributed by atoms with Crippen LogP contribution < -0.4 is 0 Å². The van der Waals surface area contributed by atoms with Crippen LogP contribution in [0.4, 0.5) is 0 Å². The van der Waals surface area contributed by atoms with Gasteiger partial charge in [-0.15, -0.1) is 0 Å². The van der Waals surface area contributed by atoms with E-state index in [0.717, 1.165) is 0 Å². The largest absolute Gasteiger partial charge is 3.00 e. The van der Waals surface area contributed by atoms with Crippen LogP contribution in [0.1, 0.15) is 5.71 Å². The van der Waals surface area contributed by atoms with Crippen molar-refractivity contribution in [1.82, 2.24) is 0 Å². The van der Waals surface area contributed by atoms with E-state index < -0.39 is 0 Å². The Kier molecular flexibility index (Phi) is 888. The molecule has 0 amide bonds. The van der Waals surface area contributed by atoms with Crippen LogP contribution in [0.3, 0.4) is 0 Å². The summed E-state index contributed by atoms with van der Waals surface area (Å²) in [7, 11) is 0. The van der Waals surface area contributed by atoms with E-state index in [1.165, 1.54) is 0 Å². The normalized spacial score (nSPS) is 0. The van der Waals surface area contributed by atoms with E-state index in [0.29, 0.717) is 0 Å². The van der Waals surface area contributed by atoms with Gasteiger partial charge in [-0.25, -0.2) is 0 Å². The molecule has 0 rings (SSSR count). The zero-order valence-corrected chi connectivity index (χ0v) is 25.0. The quantitative estimate of drug-likeness (QED) is 0.267. The molecule has 0 fully saturated rings. The second-order valence-electron chi connectivity index (χ2n) is 0. The van der Waals surface area contributed by atoms with Crippen LogP contribution in [0.25, 0.3) is 0 Å². The molecule has 0 saturated carbocycles. The third-order valence-electron chi connectivity index (χ3n) is 0. The average Bonchev–Trinajstić information content (AvgIpc) is 0. The zero-order chi connectivity index (χ0) is 0. The monoisotopic (exact) mass is 976 g/mol. The Bertz CT molecular complexity index is 37.8. The second-order valence-corrected chi connectivity index (χ2v) is 0. The molecule has 70 valence electrons. The molecule has 0 unspecified atom stereocenters. The predicted molar refractivity (Wildman–Crippen MR) is 29.5 cm³/mol. The van der Waals surface area contributed by atoms with E-state index >= 15 is 0 Å². The topological polar surface area (TPSA) is 85.5 Å². The number of rotatable bonds is 0. The van der Waals surface area contributed by atoms with Crippen molar-refractivity contribution in [3.63, 3.8) is 0 Å². The van der Waals surface area contributed by atoms with Gasteiger partial charge in [-0.3, -0.25) is 0 Å². The van der Waals surface area contributed by atoms with Crippen molar-refractivity contribution in [2.75, 3.05) is 0 Å². The fourth-order valence-electron chi connectivity index (χ4n) is 0. The molecular formula is H4Ba2Bi2Co2Fe2O3. The Morgan fingerprint density at radius 2 is 0.545 bits per heavy atom. The van der Waals surface area contributed by atoms with Gasteiger partial charge in [0.1, 0.15) is 0 Å².